The van der Waals surface area contributed by atoms with Crippen molar-refractivity contribution in [3.8, 4) is 0 Å². The van der Waals surface area contributed by atoms with Crippen molar-refractivity contribution < 1.29 is 0 Å². The molecule has 0 saturated carbocycles. The number of rotatable bonds is 0. The predicted octanol–water partition coefficient (Wildman–Crippen LogP) is 0.401. The predicted molar refractivity (Wildman–Crippen MR) is 78.5 cm³/mol. The summed E-state index contributed by atoms with van der Waals surface area (Å²) >= 11 is 0. The van der Waals surface area contributed by atoms with E-state index in [1.165, 1.54) is 10.9 Å². The Labute approximate surface area is 115 Å². The summed E-state index contributed by atoms with van der Waals surface area (Å²) in [5, 5.41) is 1.28. The highest BCUT2D eigenvalue weighted by atomic mass is 16.2. The van der Waals surface area contributed by atoms with Gasteiger partial charge < -0.3 is 4.98 Å². The van der Waals surface area contributed by atoms with Gasteiger partial charge in [0.05, 0.1) is 0 Å². The minimum Gasteiger partial charge on any atom is -0.361 e. The van der Waals surface area contributed by atoms with Gasteiger partial charge in [-0.2, -0.15) is 0 Å². The number of imidazole rings is 1. The quantitative estimate of drug-likeness (QED) is 0.320. The zero-order chi connectivity index (χ0) is 14.8. The second-order valence-corrected chi connectivity index (χ2v) is 4.30. The molecule has 0 aliphatic rings. The number of para-hydroxylation sites is 1. The van der Waals surface area contributed by atoms with Gasteiger partial charge in [-0.1, -0.05) is 18.2 Å². The molecule has 0 saturated heterocycles. The topological polar surface area (TPSA) is 130 Å². The molecule has 0 aliphatic heterocycles. The number of aromatic amines is 5. The van der Waals surface area contributed by atoms with E-state index in [4.69, 9.17) is 0 Å². The highest BCUT2D eigenvalue weighted by Crippen LogP contribution is 2.09. The van der Waals surface area contributed by atoms with Gasteiger partial charge in [0.15, 0.2) is 0 Å². The fourth-order valence-electron chi connectivity index (χ4n) is 1.95. The highest BCUT2D eigenvalue weighted by Gasteiger charge is 2.02. The molecule has 5 N–H and O–H groups in total. The number of fused-ring (bicyclic) bond motifs is 2. The van der Waals surface area contributed by atoms with E-state index in [-0.39, 0.29) is 11.2 Å². The normalized spacial score (nSPS) is 10.5. The lowest BCUT2D eigenvalue weighted by Crippen LogP contribution is -2.21. The molecule has 4 aromatic rings. The second kappa shape index (κ2) is 5.00. The molecule has 0 aliphatic carbocycles. The van der Waals surface area contributed by atoms with Crippen LogP contribution < -0.4 is 16.9 Å². The van der Waals surface area contributed by atoms with Crippen molar-refractivity contribution in [3.63, 3.8) is 0 Å². The van der Waals surface area contributed by atoms with E-state index in [0.717, 1.165) is 0 Å². The maximum atomic E-state index is 10.9. The summed E-state index contributed by atoms with van der Waals surface area (Å²) in [5.74, 6) is 0. The van der Waals surface area contributed by atoms with Crippen molar-refractivity contribution in [1.29, 1.82) is 0 Å². The first kappa shape index (κ1) is 12.7. The number of aromatic nitrogens is 5. The molecule has 1 aromatic carbocycles. The van der Waals surface area contributed by atoms with E-state index in [1.54, 1.807) is 0 Å². The van der Waals surface area contributed by atoms with E-state index in [9.17, 15) is 14.4 Å². The molecule has 0 bridgehead atoms. The molecule has 8 heteroatoms. The van der Waals surface area contributed by atoms with Crippen LogP contribution in [0.5, 0.6) is 0 Å². The van der Waals surface area contributed by atoms with E-state index in [0.29, 0.717) is 0 Å². The third kappa shape index (κ3) is 2.54. The molecule has 0 unspecified atom stereocenters. The van der Waals surface area contributed by atoms with Crippen LogP contribution in [0.3, 0.4) is 0 Å². The van der Waals surface area contributed by atoms with Crippen LogP contribution >= 0.6 is 0 Å². The third-order valence-corrected chi connectivity index (χ3v) is 2.88. The second-order valence-electron chi connectivity index (χ2n) is 4.30. The van der Waals surface area contributed by atoms with Crippen molar-refractivity contribution in [2.75, 3.05) is 0 Å². The number of benzene rings is 1. The average molecular weight is 285 g/mol. The Hall–Kier alpha value is -3.29. The first-order valence-electron chi connectivity index (χ1n) is 6.10. The zero-order valence-electron chi connectivity index (χ0n) is 10.7. The van der Waals surface area contributed by atoms with Gasteiger partial charge in [0, 0.05) is 11.7 Å². The lowest BCUT2D eigenvalue weighted by atomic mass is 10.3. The van der Waals surface area contributed by atoms with Gasteiger partial charge in [0.1, 0.15) is 11.2 Å². The largest absolute Gasteiger partial charge is 0.361 e. The lowest BCUT2D eigenvalue weighted by Gasteiger charge is -1.83. The first-order valence-corrected chi connectivity index (χ1v) is 6.10. The fraction of sp³-hybridized carbons (Fsp3) is 0. The monoisotopic (exact) mass is 285 g/mol. The van der Waals surface area contributed by atoms with Crippen LogP contribution in [0.2, 0.25) is 0 Å². The van der Waals surface area contributed by atoms with E-state index >= 15 is 0 Å². The standard InChI is InChI=1S/C8H7N.C5H4N4O3/c1-2-4-8-7(3-1)5-6-9-8;10-3-1-2(7-4(11)6-1)8-5(12)9-3/h1-6,9H;(H4,6,7,8,9,10,11,12). The van der Waals surface area contributed by atoms with Crippen molar-refractivity contribution in [2.45, 2.75) is 0 Å². The summed E-state index contributed by atoms with van der Waals surface area (Å²) in [6.07, 6.45) is 1.95. The lowest BCUT2D eigenvalue weighted by molar-refractivity contribution is 1.07. The molecule has 8 nitrogen and oxygen atoms in total. The van der Waals surface area contributed by atoms with E-state index in [1.807, 2.05) is 23.3 Å². The number of nitrogens with one attached hydrogen (secondary N) is 5. The summed E-state index contributed by atoms with van der Waals surface area (Å²) in [7, 11) is 0. The molecule has 21 heavy (non-hydrogen) atoms. The third-order valence-electron chi connectivity index (χ3n) is 2.88. The summed E-state index contributed by atoms with van der Waals surface area (Å²) in [5.41, 5.74) is -0.446. The minimum absolute atomic E-state index is 0.0413. The molecule has 0 radical (unpaired) electrons. The van der Waals surface area contributed by atoms with Gasteiger partial charge in [-0.25, -0.2) is 9.59 Å². The van der Waals surface area contributed by atoms with Gasteiger partial charge >= 0.3 is 11.4 Å². The Morgan fingerprint density at radius 3 is 2.24 bits per heavy atom. The molecule has 0 spiro atoms. The Kier molecular flexibility index (Phi) is 3.03. The number of hydrogen-bond donors (Lipinski definition) is 5. The van der Waals surface area contributed by atoms with Crippen LogP contribution in [0.15, 0.2) is 50.9 Å². The Balaban J connectivity index is 0.000000131. The van der Waals surface area contributed by atoms with Gasteiger partial charge in [0.2, 0.25) is 0 Å². The van der Waals surface area contributed by atoms with Crippen molar-refractivity contribution in [3.05, 3.63) is 67.9 Å². The number of H-pyrrole nitrogens is 5. The van der Waals surface area contributed by atoms with Gasteiger partial charge in [-0.3, -0.25) is 24.7 Å². The maximum absolute atomic E-state index is 10.9. The average Bonchev–Trinajstić information content (AvgIpc) is 3.05. The van der Waals surface area contributed by atoms with Crippen molar-refractivity contribution >= 4 is 22.1 Å². The molecule has 0 fully saturated rings. The molecule has 0 atom stereocenters. The van der Waals surface area contributed by atoms with Crippen LogP contribution in [0.4, 0.5) is 0 Å². The molecule has 106 valence electrons. The van der Waals surface area contributed by atoms with Crippen LogP contribution in [-0.4, -0.2) is 24.9 Å². The van der Waals surface area contributed by atoms with Crippen LogP contribution in [0.1, 0.15) is 0 Å². The SMILES string of the molecule is O=c1[nH]c(=O)c2[nH]c(=O)[nH]c2[nH]1.c1ccc2[nH]ccc2c1. The van der Waals surface area contributed by atoms with Crippen molar-refractivity contribution in [2.24, 2.45) is 0 Å². The van der Waals surface area contributed by atoms with Crippen LogP contribution in [-0.2, 0) is 0 Å². The first-order chi connectivity index (χ1) is 10.1. The highest BCUT2D eigenvalue weighted by molar-refractivity contribution is 5.78. The number of hydrogen-bond acceptors (Lipinski definition) is 3. The zero-order valence-corrected chi connectivity index (χ0v) is 10.7. The molecule has 4 rings (SSSR count). The van der Waals surface area contributed by atoms with Gasteiger partial charge in [-0.15, -0.1) is 0 Å². The smallest absolute Gasteiger partial charge is 0.327 e. The Morgan fingerprint density at radius 1 is 0.762 bits per heavy atom. The van der Waals surface area contributed by atoms with E-state index < -0.39 is 16.9 Å². The molecule has 3 heterocycles. The molecule has 0 amide bonds. The van der Waals surface area contributed by atoms with E-state index in [2.05, 4.69) is 38.1 Å². The minimum atomic E-state index is -0.650. The molecular formula is C13H11N5O3. The molecular weight excluding hydrogens is 274 g/mol. The van der Waals surface area contributed by atoms with Gasteiger partial charge in [-0.05, 0) is 17.5 Å². The summed E-state index contributed by atoms with van der Waals surface area (Å²) < 4.78 is 0. The van der Waals surface area contributed by atoms with Crippen LogP contribution in [0.25, 0.3) is 22.1 Å². The molecule has 3 aromatic heterocycles. The summed E-state index contributed by atoms with van der Waals surface area (Å²) in [4.78, 5) is 44.1. The summed E-state index contributed by atoms with van der Waals surface area (Å²) in [6.45, 7) is 0. The Bertz CT molecular complexity index is 1030. The Morgan fingerprint density at radius 2 is 1.48 bits per heavy atom. The fourth-order valence-corrected chi connectivity index (χ4v) is 1.95. The summed E-state index contributed by atoms with van der Waals surface area (Å²) in [6, 6.07) is 10.3. The van der Waals surface area contributed by atoms with Crippen LogP contribution in [0, 0.1) is 0 Å². The van der Waals surface area contributed by atoms with Gasteiger partial charge in [0.25, 0.3) is 5.56 Å². The van der Waals surface area contributed by atoms with Crippen molar-refractivity contribution in [1.82, 2.24) is 24.9 Å². The maximum Gasteiger partial charge on any atom is 0.327 e.